The predicted molar refractivity (Wildman–Crippen MR) is 40.3 cm³/mol. The molecule has 1 aliphatic carbocycles. The fourth-order valence-electron chi connectivity index (χ4n) is 0.666. The molecule has 0 amide bonds. The van der Waals surface area contributed by atoms with Gasteiger partial charge in [0.05, 0.1) is 5.92 Å². The second-order valence-corrected chi connectivity index (χ2v) is 3.71. The van der Waals surface area contributed by atoms with E-state index in [1.807, 2.05) is 0 Å². The van der Waals surface area contributed by atoms with Gasteiger partial charge in [-0.05, 0) is 24.5 Å². The molecule has 1 rings (SSSR count). The average Bonchev–Trinajstić information content (AvgIpc) is 2.81. The van der Waals surface area contributed by atoms with Crippen molar-refractivity contribution in [2.75, 3.05) is 13.8 Å². The fourth-order valence-corrected chi connectivity index (χ4v) is 1.60. The quantitative estimate of drug-likeness (QED) is 0.498. The average molecular weight is 176 g/mol. The Balaban J connectivity index is 2.22. The lowest BCUT2D eigenvalue weighted by Crippen LogP contribution is -2.09. The minimum Gasteiger partial charge on any atom is -0.294 e. The maximum atomic E-state index is 11.0. The van der Waals surface area contributed by atoms with Crippen molar-refractivity contribution < 1.29 is 13.9 Å². The summed E-state index contributed by atoms with van der Waals surface area (Å²) in [5.74, 6) is 0.0236. The van der Waals surface area contributed by atoms with Gasteiger partial charge in [-0.1, -0.05) is 0 Å². The van der Waals surface area contributed by atoms with E-state index in [0.29, 0.717) is 0 Å². The largest absolute Gasteiger partial charge is 0.589 e. The molecule has 1 N–H and O–H groups in total. The van der Waals surface area contributed by atoms with E-state index in [1.165, 1.54) is 0 Å². The molecule has 0 spiro atoms. The van der Waals surface area contributed by atoms with Crippen molar-refractivity contribution >= 4 is 13.6 Å². The van der Waals surface area contributed by atoms with Crippen molar-refractivity contribution in [1.29, 1.82) is 0 Å². The maximum absolute atomic E-state index is 11.0. The van der Waals surface area contributed by atoms with E-state index in [-0.39, 0.29) is 18.2 Å². The molecule has 0 heterocycles. The summed E-state index contributed by atoms with van der Waals surface area (Å²) >= 11 is 0. The van der Waals surface area contributed by atoms with Crippen LogP contribution in [0.15, 0.2) is 0 Å². The summed E-state index contributed by atoms with van der Waals surface area (Å²) in [4.78, 5) is 11.0. The molecule has 1 unspecified atom stereocenters. The number of hydrogen-bond acceptors (Lipinski definition) is 4. The van der Waals surface area contributed by atoms with Crippen LogP contribution in [0.2, 0.25) is 0 Å². The first-order chi connectivity index (χ1) is 5.25. The van der Waals surface area contributed by atoms with E-state index in [2.05, 4.69) is 5.32 Å². The standard InChI is InChI=1S/C6H11NO3P/c1-7-4-10-11(9)6(8)5-2-3-5/h5,7H,2-4H2,1H3/q+1. The van der Waals surface area contributed by atoms with Gasteiger partial charge in [-0.25, -0.2) is 4.79 Å². The second-order valence-electron chi connectivity index (χ2n) is 2.50. The summed E-state index contributed by atoms with van der Waals surface area (Å²) in [6, 6.07) is 0. The Kier molecular flexibility index (Phi) is 3.12. The molecule has 0 aliphatic heterocycles. The number of carbonyl (C=O) groups excluding carboxylic acids is 1. The first-order valence-electron chi connectivity index (χ1n) is 3.54. The van der Waals surface area contributed by atoms with Crippen LogP contribution in [0.25, 0.3) is 0 Å². The zero-order valence-electron chi connectivity index (χ0n) is 6.37. The Labute approximate surface area is 66.2 Å². The van der Waals surface area contributed by atoms with Gasteiger partial charge in [0.2, 0.25) is 0 Å². The molecule has 0 aromatic rings. The SMILES string of the molecule is CNCO[P+](=O)C(=O)C1CC1. The molecule has 1 saturated carbocycles. The summed E-state index contributed by atoms with van der Waals surface area (Å²) in [6.45, 7) is 0.174. The van der Waals surface area contributed by atoms with Crippen LogP contribution in [-0.2, 0) is 13.9 Å². The van der Waals surface area contributed by atoms with E-state index < -0.39 is 8.03 Å². The minimum atomic E-state index is -2.08. The third-order valence-electron chi connectivity index (χ3n) is 1.43. The highest BCUT2D eigenvalue weighted by molar-refractivity contribution is 7.59. The highest BCUT2D eigenvalue weighted by atomic mass is 31.1. The number of hydrogen-bond donors (Lipinski definition) is 1. The molecule has 0 aromatic heterocycles. The van der Waals surface area contributed by atoms with Crippen molar-refractivity contribution in [3.63, 3.8) is 0 Å². The molecular weight excluding hydrogens is 165 g/mol. The monoisotopic (exact) mass is 176 g/mol. The molecule has 4 nitrogen and oxygen atoms in total. The maximum Gasteiger partial charge on any atom is 0.589 e. The van der Waals surface area contributed by atoms with Crippen LogP contribution >= 0.6 is 8.03 Å². The molecule has 0 bridgehead atoms. The number of carbonyl (C=O) groups is 1. The van der Waals surface area contributed by atoms with Crippen molar-refractivity contribution in [2.24, 2.45) is 5.92 Å². The van der Waals surface area contributed by atoms with Crippen molar-refractivity contribution in [3.8, 4) is 0 Å². The zero-order chi connectivity index (χ0) is 8.27. The van der Waals surface area contributed by atoms with Crippen LogP contribution in [0.3, 0.4) is 0 Å². The number of rotatable bonds is 5. The molecule has 1 aliphatic rings. The Hall–Kier alpha value is -0.310. The van der Waals surface area contributed by atoms with E-state index in [1.54, 1.807) is 7.05 Å². The molecule has 0 aromatic carbocycles. The van der Waals surface area contributed by atoms with Crippen LogP contribution in [0.4, 0.5) is 0 Å². The van der Waals surface area contributed by atoms with E-state index in [0.717, 1.165) is 12.8 Å². The Morgan fingerprint density at radius 2 is 2.36 bits per heavy atom. The topological polar surface area (TPSA) is 55.4 Å². The van der Waals surface area contributed by atoms with Gasteiger partial charge in [0.1, 0.15) is 0 Å². The van der Waals surface area contributed by atoms with Crippen LogP contribution in [0, 0.1) is 5.92 Å². The van der Waals surface area contributed by atoms with E-state index in [4.69, 9.17) is 4.52 Å². The molecule has 11 heavy (non-hydrogen) atoms. The highest BCUT2D eigenvalue weighted by Crippen LogP contribution is 2.39. The normalized spacial score (nSPS) is 18.1. The predicted octanol–water partition coefficient (Wildman–Crippen LogP) is 0.859. The smallest absolute Gasteiger partial charge is 0.294 e. The number of nitrogens with one attached hydrogen (secondary N) is 1. The summed E-state index contributed by atoms with van der Waals surface area (Å²) in [5, 5.41) is 2.65. The van der Waals surface area contributed by atoms with Crippen LogP contribution < -0.4 is 5.32 Å². The molecule has 5 heteroatoms. The Morgan fingerprint density at radius 1 is 1.73 bits per heavy atom. The van der Waals surface area contributed by atoms with E-state index in [9.17, 15) is 9.36 Å². The van der Waals surface area contributed by atoms with Crippen LogP contribution in [0.1, 0.15) is 12.8 Å². The van der Waals surface area contributed by atoms with Gasteiger partial charge >= 0.3 is 13.6 Å². The summed E-state index contributed by atoms with van der Waals surface area (Å²) in [6.07, 6.45) is 1.76. The van der Waals surface area contributed by atoms with Crippen molar-refractivity contribution in [3.05, 3.63) is 0 Å². The highest BCUT2D eigenvalue weighted by Gasteiger charge is 2.44. The summed E-state index contributed by atoms with van der Waals surface area (Å²) in [7, 11) is -0.405. The Bertz CT molecular complexity index is 179. The van der Waals surface area contributed by atoms with Gasteiger partial charge in [-0.2, -0.15) is 0 Å². The molecular formula is C6H11NO3P+. The van der Waals surface area contributed by atoms with Gasteiger partial charge in [-0.15, -0.1) is 4.52 Å². The first-order valence-corrected chi connectivity index (χ1v) is 4.72. The minimum absolute atomic E-state index is 0.0236. The van der Waals surface area contributed by atoms with Crippen molar-refractivity contribution in [1.82, 2.24) is 5.32 Å². The molecule has 62 valence electrons. The van der Waals surface area contributed by atoms with Gasteiger partial charge in [0, 0.05) is 0 Å². The first kappa shape index (κ1) is 8.78. The lowest BCUT2D eigenvalue weighted by Gasteiger charge is -1.86. The van der Waals surface area contributed by atoms with Crippen LogP contribution in [-0.4, -0.2) is 19.3 Å². The third kappa shape index (κ3) is 2.66. The lowest BCUT2D eigenvalue weighted by atomic mass is 10.5. The third-order valence-corrected chi connectivity index (χ3v) is 2.52. The fraction of sp³-hybridized carbons (Fsp3) is 0.833. The summed E-state index contributed by atoms with van der Waals surface area (Å²) < 4.78 is 15.6. The lowest BCUT2D eigenvalue weighted by molar-refractivity contribution is -0.113. The molecule has 1 fully saturated rings. The van der Waals surface area contributed by atoms with Gasteiger partial charge in [0.15, 0.2) is 6.73 Å². The van der Waals surface area contributed by atoms with Gasteiger partial charge in [-0.3, -0.25) is 5.32 Å². The molecule has 0 radical (unpaired) electrons. The zero-order valence-corrected chi connectivity index (χ0v) is 7.27. The molecule has 0 saturated heterocycles. The van der Waals surface area contributed by atoms with Crippen molar-refractivity contribution in [2.45, 2.75) is 12.8 Å². The van der Waals surface area contributed by atoms with E-state index >= 15 is 0 Å². The second kappa shape index (κ2) is 3.90. The molecule has 1 atom stereocenters. The van der Waals surface area contributed by atoms with Crippen LogP contribution in [0.5, 0.6) is 0 Å². The Morgan fingerprint density at radius 3 is 2.82 bits per heavy atom. The van der Waals surface area contributed by atoms with Gasteiger partial charge < -0.3 is 0 Å². The van der Waals surface area contributed by atoms with Gasteiger partial charge in [0.25, 0.3) is 0 Å². The summed E-state index contributed by atoms with van der Waals surface area (Å²) in [5.41, 5.74) is -0.227.